The third-order valence-corrected chi connectivity index (χ3v) is 5.20. The summed E-state index contributed by atoms with van der Waals surface area (Å²) >= 11 is 1.69. The van der Waals surface area contributed by atoms with Gasteiger partial charge in [0.1, 0.15) is 6.04 Å². The Morgan fingerprint density at radius 1 is 1.25 bits per heavy atom. The highest BCUT2D eigenvalue weighted by atomic mass is 32.1. The second-order valence-electron chi connectivity index (χ2n) is 6.20. The smallest absolute Gasteiger partial charge is 0.244 e. The molecule has 2 heterocycles. The van der Waals surface area contributed by atoms with Crippen LogP contribution in [-0.2, 0) is 11.3 Å². The van der Waals surface area contributed by atoms with Gasteiger partial charge in [0.15, 0.2) is 0 Å². The van der Waals surface area contributed by atoms with E-state index in [9.17, 15) is 4.79 Å². The van der Waals surface area contributed by atoms with Gasteiger partial charge in [-0.1, -0.05) is 30.3 Å². The van der Waals surface area contributed by atoms with Crippen LogP contribution >= 0.6 is 11.3 Å². The van der Waals surface area contributed by atoms with E-state index in [1.54, 1.807) is 11.3 Å². The lowest BCUT2D eigenvalue weighted by atomic mass is 10.1. The van der Waals surface area contributed by atoms with Crippen molar-refractivity contribution in [2.24, 2.45) is 5.73 Å². The zero-order valence-electron chi connectivity index (χ0n) is 14.0. The summed E-state index contributed by atoms with van der Waals surface area (Å²) in [5, 5.41) is 3.22. The van der Waals surface area contributed by atoms with Gasteiger partial charge in [0.25, 0.3) is 0 Å². The quantitative estimate of drug-likeness (QED) is 0.923. The number of hydrogen-bond donors (Lipinski definition) is 1. The normalized spacial score (nSPS) is 17.5. The molecule has 2 N–H and O–H groups in total. The predicted molar refractivity (Wildman–Crippen MR) is 96.7 cm³/mol. The van der Waals surface area contributed by atoms with E-state index < -0.39 is 6.04 Å². The van der Waals surface area contributed by atoms with Gasteiger partial charge in [-0.3, -0.25) is 9.69 Å². The predicted octanol–water partition coefficient (Wildman–Crippen LogP) is 2.19. The van der Waals surface area contributed by atoms with Gasteiger partial charge in [-0.25, -0.2) is 4.98 Å². The van der Waals surface area contributed by atoms with E-state index in [1.807, 2.05) is 42.2 Å². The molecular formula is C18H24N4OS. The standard InChI is InChI=1S/C18H24N4OS/c1-14-20-16(13-24-14)12-21-8-5-9-22(11-10-21)18(23)17(19)15-6-3-2-4-7-15/h2-4,6-7,13,17H,5,8-12,19H2,1H3/t17-/m0/s1. The summed E-state index contributed by atoms with van der Waals surface area (Å²) in [5.41, 5.74) is 8.17. The summed E-state index contributed by atoms with van der Waals surface area (Å²) in [6, 6.07) is 9.03. The van der Waals surface area contributed by atoms with E-state index >= 15 is 0 Å². The molecule has 24 heavy (non-hydrogen) atoms. The molecule has 1 fully saturated rings. The van der Waals surface area contributed by atoms with E-state index in [-0.39, 0.29) is 5.91 Å². The molecule has 1 amide bonds. The van der Waals surface area contributed by atoms with Crippen molar-refractivity contribution < 1.29 is 4.79 Å². The third-order valence-electron chi connectivity index (χ3n) is 4.38. The van der Waals surface area contributed by atoms with Gasteiger partial charge in [0.05, 0.1) is 10.7 Å². The van der Waals surface area contributed by atoms with Gasteiger partial charge in [0.2, 0.25) is 5.91 Å². The Balaban J connectivity index is 1.57. The number of aromatic nitrogens is 1. The minimum Gasteiger partial charge on any atom is -0.340 e. The maximum atomic E-state index is 12.7. The topological polar surface area (TPSA) is 62.5 Å². The van der Waals surface area contributed by atoms with Gasteiger partial charge in [-0.2, -0.15) is 0 Å². The Bertz CT molecular complexity index is 673. The first-order valence-electron chi connectivity index (χ1n) is 8.36. The molecule has 1 aliphatic heterocycles. The number of nitrogens with two attached hydrogens (primary N) is 1. The number of aryl methyl sites for hydroxylation is 1. The third kappa shape index (κ3) is 4.20. The van der Waals surface area contributed by atoms with Crippen LogP contribution in [0.3, 0.4) is 0 Å². The molecule has 0 bridgehead atoms. The van der Waals surface area contributed by atoms with Crippen LogP contribution in [0.2, 0.25) is 0 Å². The lowest BCUT2D eigenvalue weighted by Crippen LogP contribution is -2.40. The fraction of sp³-hybridized carbons (Fsp3) is 0.444. The molecular weight excluding hydrogens is 320 g/mol. The van der Waals surface area contributed by atoms with Crippen LogP contribution in [0.1, 0.15) is 28.7 Å². The molecule has 6 heteroatoms. The first-order chi connectivity index (χ1) is 11.6. The van der Waals surface area contributed by atoms with Crippen LogP contribution in [0.4, 0.5) is 0 Å². The Morgan fingerprint density at radius 3 is 2.75 bits per heavy atom. The highest BCUT2D eigenvalue weighted by molar-refractivity contribution is 7.09. The van der Waals surface area contributed by atoms with E-state index in [4.69, 9.17) is 5.73 Å². The second-order valence-corrected chi connectivity index (χ2v) is 7.26. The average molecular weight is 344 g/mol. The molecule has 1 aromatic heterocycles. The zero-order valence-corrected chi connectivity index (χ0v) is 14.8. The van der Waals surface area contributed by atoms with Gasteiger partial charge in [-0.15, -0.1) is 11.3 Å². The van der Waals surface area contributed by atoms with Crippen molar-refractivity contribution in [2.45, 2.75) is 25.9 Å². The summed E-state index contributed by atoms with van der Waals surface area (Å²) in [6.45, 7) is 6.23. The van der Waals surface area contributed by atoms with E-state index in [2.05, 4.69) is 15.3 Å². The average Bonchev–Trinajstić information content (AvgIpc) is 2.87. The molecule has 1 saturated heterocycles. The van der Waals surface area contributed by atoms with Crippen LogP contribution < -0.4 is 5.73 Å². The van der Waals surface area contributed by atoms with Crippen LogP contribution in [0.25, 0.3) is 0 Å². The van der Waals surface area contributed by atoms with E-state index in [1.165, 1.54) is 0 Å². The molecule has 5 nitrogen and oxygen atoms in total. The van der Waals surface area contributed by atoms with Crippen LogP contribution in [0, 0.1) is 6.92 Å². The number of carbonyl (C=O) groups excluding carboxylic acids is 1. The largest absolute Gasteiger partial charge is 0.340 e. The number of carbonyl (C=O) groups is 1. The minimum atomic E-state index is -0.570. The fourth-order valence-electron chi connectivity index (χ4n) is 3.06. The van der Waals surface area contributed by atoms with Crippen molar-refractivity contribution in [3.05, 3.63) is 52.0 Å². The van der Waals surface area contributed by atoms with Crippen LogP contribution in [0.5, 0.6) is 0 Å². The van der Waals surface area contributed by atoms with E-state index in [0.717, 1.165) is 55.4 Å². The molecule has 1 aromatic carbocycles. The van der Waals surface area contributed by atoms with Crippen molar-refractivity contribution in [1.29, 1.82) is 0 Å². The van der Waals surface area contributed by atoms with Gasteiger partial charge in [0, 0.05) is 38.1 Å². The molecule has 0 aliphatic carbocycles. The number of nitrogens with zero attached hydrogens (tertiary/aromatic N) is 3. The first-order valence-corrected chi connectivity index (χ1v) is 9.24. The lowest BCUT2D eigenvalue weighted by Gasteiger charge is -2.24. The summed E-state index contributed by atoms with van der Waals surface area (Å²) in [6.07, 6.45) is 0.969. The Morgan fingerprint density at radius 2 is 2.04 bits per heavy atom. The van der Waals surface area contributed by atoms with Crippen LogP contribution in [-0.4, -0.2) is 46.9 Å². The molecule has 1 atom stereocenters. The minimum absolute atomic E-state index is 0.0209. The summed E-state index contributed by atoms with van der Waals surface area (Å²) < 4.78 is 0. The highest BCUT2D eigenvalue weighted by Crippen LogP contribution is 2.16. The zero-order chi connectivity index (χ0) is 16.9. The first kappa shape index (κ1) is 17.1. The van der Waals surface area contributed by atoms with Crippen molar-refractivity contribution in [2.75, 3.05) is 26.2 Å². The van der Waals surface area contributed by atoms with Crippen molar-refractivity contribution in [3.63, 3.8) is 0 Å². The number of rotatable bonds is 4. The molecule has 2 aromatic rings. The van der Waals surface area contributed by atoms with Crippen molar-refractivity contribution >= 4 is 17.2 Å². The molecule has 3 rings (SSSR count). The molecule has 0 radical (unpaired) electrons. The summed E-state index contributed by atoms with van der Waals surface area (Å²) in [4.78, 5) is 21.5. The molecule has 1 aliphatic rings. The van der Waals surface area contributed by atoms with Crippen LogP contribution in [0.15, 0.2) is 35.7 Å². The van der Waals surface area contributed by atoms with E-state index in [0.29, 0.717) is 0 Å². The van der Waals surface area contributed by atoms with Gasteiger partial charge < -0.3 is 10.6 Å². The number of benzene rings is 1. The summed E-state index contributed by atoms with van der Waals surface area (Å²) in [7, 11) is 0. The molecule has 128 valence electrons. The Kier molecular flexibility index (Phi) is 5.60. The van der Waals surface area contributed by atoms with Gasteiger partial charge in [-0.05, 0) is 18.9 Å². The van der Waals surface area contributed by atoms with Crippen molar-refractivity contribution in [3.8, 4) is 0 Å². The van der Waals surface area contributed by atoms with Crippen molar-refractivity contribution in [1.82, 2.24) is 14.8 Å². The Labute approximate surface area is 147 Å². The SMILES string of the molecule is Cc1nc(CN2CCCN(C(=O)[C@@H](N)c3ccccc3)CC2)cs1. The fourth-order valence-corrected chi connectivity index (χ4v) is 3.66. The maximum Gasteiger partial charge on any atom is 0.244 e. The Hall–Kier alpha value is -1.76. The molecule has 0 unspecified atom stereocenters. The molecule has 0 spiro atoms. The highest BCUT2D eigenvalue weighted by Gasteiger charge is 2.24. The lowest BCUT2D eigenvalue weighted by molar-refractivity contribution is -0.132. The second kappa shape index (κ2) is 7.88. The summed E-state index contributed by atoms with van der Waals surface area (Å²) in [5.74, 6) is 0.0209. The molecule has 0 saturated carbocycles. The maximum absolute atomic E-state index is 12.7. The number of amides is 1. The monoisotopic (exact) mass is 344 g/mol. The van der Waals surface area contributed by atoms with Gasteiger partial charge >= 0.3 is 0 Å². The number of hydrogen-bond acceptors (Lipinski definition) is 5. The number of thiazole rings is 1.